The van der Waals surface area contributed by atoms with Crippen molar-refractivity contribution in [3.05, 3.63) is 177 Å². The number of hydrogen-bond acceptors (Lipinski definition) is 7. The standard InChI is InChI=1S/C34H23N3O3S2/c38-31(24-12-4-1-5-13-24)32-35-36(27-20-22-28(23-21-27)37(39)40)34(41-32)30-19-11-10-18-29(30)33(42-34,25-14-6-2-7-15-25)26-16-8-3-9-17-26/h1-23H/t34-/m1/s1. The van der Waals surface area contributed by atoms with Crippen molar-refractivity contribution < 1.29 is 9.72 Å². The fourth-order valence-corrected chi connectivity index (χ4v) is 9.28. The highest BCUT2D eigenvalue weighted by Crippen LogP contribution is 2.71. The summed E-state index contributed by atoms with van der Waals surface area (Å²) in [5, 5.41) is 18.7. The zero-order valence-corrected chi connectivity index (χ0v) is 23.8. The van der Waals surface area contributed by atoms with Gasteiger partial charge in [-0.15, -0.1) is 0 Å². The molecule has 0 aromatic heterocycles. The van der Waals surface area contributed by atoms with Crippen LogP contribution in [0.1, 0.15) is 32.6 Å². The lowest BCUT2D eigenvalue weighted by Crippen LogP contribution is -2.34. The number of carbonyl (C=O) groups excluding carboxylic acids is 1. The summed E-state index contributed by atoms with van der Waals surface area (Å²) in [7, 11) is 0. The number of rotatable bonds is 6. The Labute approximate surface area is 251 Å². The molecule has 5 aromatic carbocycles. The van der Waals surface area contributed by atoms with E-state index in [4.69, 9.17) is 5.10 Å². The molecule has 2 aliphatic heterocycles. The van der Waals surface area contributed by atoms with Crippen molar-refractivity contribution in [1.29, 1.82) is 0 Å². The molecule has 8 heteroatoms. The molecule has 0 aliphatic carbocycles. The molecular weight excluding hydrogens is 563 g/mol. The van der Waals surface area contributed by atoms with Gasteiger partial charge in [-0.1, -0.05) is 139 Å². The Morgan fingerprint density at radius 2 is 1.21 bits per heavy atom. The molecule has 0 fully saturated rings. The fourth-order valence-electron chi connectivity index (χ4n) is 5.66. The third-order valence-electron chi connectivity index (χ3n) is 7.54. The number of nitro groups is 1. The summed E-state index contributed by atoms with van der Waals surface area (Å²) in [5.41, 5.74) is 5.55. The smallest absolute Gasteiger partial charge is 0.269 e. The average Bonchev–Trinajstić information content (AvgIpc) is 3.59. The topological polar surface area (TPSA) is 75.8 Å². The third-order valence-corrected chi connectivity index (χ3v) is 10.8. The van der Waals surface area contributed by atoms with Gasteiger partial charge in [0.15, 0.2) is 9.25 Å². The van der Waals surface area contributed by atoms with Crippen LogP contribution < -0.4 is 5.01 Å². The SMILES string of the molecule is O=C(C1=NN(c2ccc([N+](=O)[O-])cc2)[C@]2(S1)SC(c1ccccc1)(c1ccccc1)c1ccccc12)c1ccccc1. The molecule has 0 saturated carbocycles. The molecule has 7 rings (SSSR count). The number of benzene rings is 5. The van der Waals surface area contributed by atoms with Gasteiger partial charge in [-0.2, -0.15) is 5.10 Å². The monoisotopic (exact) mass is 585 g/mol. The van der Waals surface area contributed by atoms with Crippen molar-refractivity contribution in [1.82, 2.24) is 0 Å². The van der Waals surface area contributed by atoms with Crippen molar-refractivity contribution in [3.63, 3.8) is 0 Å². The number of anilines is 1. The van der Waals surface area contributed by atoms with E-state index in [1.807, 2.05) is 71.7 Å². The number of carbonyl (C=O) groups is 1. The van der Waals surface area contributed by atoms with E-state index in [9.17, 15) is 14.9 Å². The van der Waals surface area contributed by atoms with Gasteiger partial charge < -0.3 is 0 Å². The fraction of sp³-hybridized carbons (Fsp3) is 0.0588. The van der Waals surface area contributed by atoms with Crippen LogP contribution in [-0.2, 0) is 8.95 Å². The first-order valence-corrected chi connectivity index (χ1v) is 15.0. The van der Waals surface area contributed by atoms with Crippen LogP contribution in [0.3, 0.4) is 0 Å². The van der Waals surface area contributed by atoms with Crippen molar-refractivity contribution >= 4 is 45.7 Å². The Balaban J connectivity index is 1.47. The number of nitro benzene ring substituents is 1. The molecule has 1 atom stereocenters. The molecule has 2 heterocycles. The Morgan fingerprint density at radius 3 is 1.79 bits per heavy atom. The van der Waals surface area contributed by atoms with Gasteiger partial charge in [0.05, 0.1) is 15.4 Å². The summed E-state index contributed by atoms with van der Waals surface area (Å²) in [5.74, 6) is -0.167. The number of ketones is 1. The van der Waals surface area contributed by atoms with Crippen molar-refractivity contribution in [2.24, 2.45) is 5.10 Å². The minimum absolute atomic E-state index is 0.00777. The second kappa shape index (κ2) is 10.3. The lowest BCUT2D eigenvalue weighted by molar-refractivity contribution is -0.384. The number of fused-ring (bicyclic) bond motifs is 2. The third kappa shape index (κ3) is 4.06. The Morgan fingerprint density at radius 1 is 0.690 bits per heavy atom. The van der Waals surface area contributed by atoms with E-state index < -0.39 is 13.9 Å². The van der Waals surface area contributed by atoms with Crippen LogP contribution in [0.5, 0.6) is 0 Å². The second-order valence-corrected chi connectivity index (χ2v) is 12.8. The van der Waals surface area contributed by atoms with Gasteiger partial charge in [0.1, 0.15) is 0 Å². The van der Waals surface area contributed by atoms with E-state index in [0.29, 0.717) is 16.3 Å². The zero-order chi connectivity index (χ0) is 28.7. The van der Waals surface area contributed by atoms with Crippen molar-refractivity contribution in [2.45, 2.75) is 8.95 Å². The highest BCUT2D eigenvalue weighted by Gasteiger charge is 2.61. The van der Waals surface area contributed by atoms with E-state index in [-0.39, 0.29) is 11.5 Å². The molecule has 204 valence electrons. The summed E-state index contributed by atoms with van der Waals surface area (Å²) < 4.78 is -1.50. The number of hydrogen-bond donors (Lipinski definition) is 0. The minimum Gasteiger partial charge on any atom is -0.286 e. The van der Waals surface area contributed by atoms with E-state index in [1.54, 1.807) is 36.0 Å². The van der Waals surface area contributed by atoms with E-state index >= 15 is 0 Å². The second-order valence-electron chi connectivity index (χ2n) is 9.93. The molecule has 2 aliphatic rings. The van der Waals surface area contributed by atoms with E-state index in [1.165, 1.54) is 23.9 Å². The van der Waals surface area contributed by atoms with Gasteiger partial charge in [-0.25, -0.2) is 5.01 Å². The number of nitrogens with zero attached hydrogens (tertiary/aromatic N) is 3. The van der Waals surface area contributed by atoms with Crippen LogP contribution in [0, 0.1) is 10.1 Å². The molecule has 5 aromatic rings. The molecule has 0 unspecified atom stereocenters. The maximum Gasteiger partial charge on any atom is 0.269 e. The van der Waals surface area contributed by atoms with Crippen molar-refractivity contribution in [2.75, 3.05) is 5.01 Å². The Kier molecular flexibility index (Phi) is 6.45. The number of non-ortho nitro benzene ring substituents is 1. The normalized spacial score (nSPS) is 18.5. The molecule has 0 saturated heterocycles. The average molecular weight is 586 g/mol. The summed E-state index contributed by atoms with van der Waals surface area (Å²) in [6, 6.07) is 44.6. The lowest BCUT2D eigenvalue weighted by Gasteiger charge is -2.37. The predicted molar refractivity (Wildman–Crippen MR) is 170 cm³/mol. The van der Waals surface area contributed by atoms with Gasteiger partial charge in [0.25, 0.3) is 5.69 Å². The van der Waals surface area contributed by atoms with Crippen LogP contribution in [-0.4, -0.2) is 15.8 Å². The first kappa shape index (κ1) is 26.3. The molecule has 0 bridgehead atoms. The molecule has 1 spiro atoms. The van der Waals surface area contributed by atoms with Gasteiger partial charge >= 0.3 is 0 Å². The number of hydrazone groups is 1. The first-order valence-electron chi connectivity index (χ1n) is 13.4. The highest BCUT2D eigenvalue weighted by molar-refractivity contribution is 8.27. The van der Waals surface area contributed by atoms with Crippen LogP contribution >= 0.6 is 23.5 Å². The highest BCUT2D eigenvalue weighted by atomic mass is 32.2. The van der Waals surface area contributed by atoms with E-state index in [2.05, 4.69) is 36.4 Å². The van der Waals surface area contributed by atoms with Gasteiger partial charge in [-0.3, -0.25) is 14.9 Å². The summed E-state index contributed by atoms with van der Waals surface area (Å²) in [6.07, 6.45) is 0. The van der Waals surface area contributed by atoms with Crippen molar-refractivity contribution in [3.8, 4) is 0 Å². The largest absolute Gasteiger partial charge is 0.286 e. The van der Waals surface area contributed by atoms with Crippen LogP contribution in [0.4, 0.5) is 11.4 Å². The van der Waals surface area contributed by atoms with Crippen LogP contribution in [0.25, 0.3) is 0 Å². The van der Waals surface area contributed by atoms with E-state index in [0.717, 1.165) is 22.3 Å². The quantitative estimate of drug-likeness (QED) is 0.114. The van der Waals surface area contributed by atoms with Gasteiger partial charge in [0, 0.05) is 23.3 Å². The molecule has 0 amide bonds. The predicted octanol–water partition coefficient (Wildman–Crippen LogP) is 8.19. The number of Topliss-reactive ketones (excluding diaryl/α,β-unsaturated/α-hetero) is 1. The number of thioether (sulfide) groups is 2. The first-order chi connectivity index (χ1) is 20.5. The van der Waals surface area contributed by atoms with Gasteiger partial charge in [-0.05, 0) is 28.8 Å². The Bertz CT molecular complexity index is 1790. The summed E-state index contributed by atoms with van der Waals surface area (Å²) in [6.45, 7) is 0. The molecule has 6 nitrogen and oxygen atoms in total. The van der Waals surface area contributed by atoms with Crippen LogP contribution in [0.2, 0.25) is 0 Å². The Hall–Kier alpha value is -4.66. The minimum atomic E-state index is -0.877. The molecular formula is C34H23N3O3S2. The molecule has 0 radical (unpaired) electrons. The maximum absolute atomic E-state index is 13.8. The van der Waals surface area contributed by atoms with Gasteiger partial charge in [0.2, 0.25) is 5.78 Å². The summed E-state index contributed by atoms with van der Waals surface area (Å²) >= 11 is 3.15. The molecule has 42 heavy (non-hydrogen) atoms. The zero-order valence-electron chi connectivity index (χ0n) is 22.2. The van der Waals surface area contributed by atoms with Crippen LogP contribution in [0.15, 0.2) is 145 Å². The molecule has 0 N–H and O–H groups in total. The maximum atomic E-state index is 13.8. The lowest BCUT2D eigenvalue weighted by atomic mass is 9.82. The summed E-state index contributed by atoms with van der Waals surface area (Å²) in [4.78, 5) is 24.9.